The molecule has 0 saturated carbocycles. The Hall–Kier alpha value is -2.84. The average molecular weight is 399 g/mol. The second-order valence-electron chi connectivity index (χ2n) is 5.74. The number of benzene rings is 1. The van der Waals surface area contributed by atoms with Crippen molar-refractivity contribution in [2.75, 3.05) is 7.11 Å². The third-order valence-electron chi connectivity index (χ3n) is 4.06. The van der Waals surface area contributed by atoms with Crippen LogP contribution < -0.4 is 10.4 Å². The van der Waals surface area contributed by atoms with Crippen LogP contribution in [0.3, 0.4) is 0 Å². The predicted molar refractivity (Wildman–Crippen MR) is 105 cm³/mol. The summed E-state index contributed by atoms with van der Waals surface area (Å²) in [4.78, 5) is 39.3. The van der Waals surface area contributed by atoms with Gasteiger partial charge in [0.25, 0.3) is 11.1 Å². The molecule has 8 heteroatoms. The van der Waals surface area contributed by atoms with Gasteiger partial charge in [0.1, 0.15) is 11.3 Å². The highest BCUT2D eigenvalue weighted by Gasteiger charge is 2.35. The molecule has 0 spiro atoms. The van der Waals surface area contributed by atoms with Crippen LogP contribution in [0.4, 0.5) is 4.79 Å². The van der Waals surface area contributed by atoms with Crippen LogP contribution in [-0.2, 0) is 11.3 Å². The highest BCUT2D eigenvalue weighted by atomic mass is 32.2. The van der Waals surface area contributed by atoms with Gasteiger partial charge in [0.05, 0.1) is 18.6 Å². The minimum absolute atomic E-state index is 0.000869. The Labute approximate surface area is 162 Å². The van der Waals surface area contributed by atoms with E-state index in [2.05, 4.69) is 0 Å². The van der Waals surface area contributed by atoms with Crippen molar-refractivity contribution in [2.24, 2.45) is 0 Å². The van der Waals surface area contributed by atoms with E-state index < -0.39 is 5.63 Å². The van der Waals surface area contributed by atoms with E-state index in [4.69, 9.17) is 9.15 Å². The molecule has 2 aromatic heterocycles. The fourth-order valence-corrected chi connectivity index (χ4v) is 4.34. The Morgan fingerprint density at radius 1 is 1.19 bits per heavy atom. The molecular formula is C19H13NO5S2. The number of ether oxygens (including phenoxy) is 1. The van der Waals surface area contributed by atoms with E-state index in [0.717, 1.165) is 21.5 Å². The van der Waals surface area contributed by atoms with Crippen LogP contribution in [0, 0.1) is 0 Å². The normalized spacial score (nSPS) is 15.9. The highest BCUT2D eigenvalue weighted by Crippen LogP contribution is 2.34. The van der Waals surface area contributed by atoms with E-state index >= 15 is 0 Å². The summed E-state index contributed by atoms with van der Waals surface area (Å²) in [5.41, 5.74) is 0.341. The maximum Gasteiger partial charge on any atom is 0.336 e. The lowest BCUT2D eigenvalue weighted by Crippen LogP contribution is -2.28. The highest BCUT2D eigenvalue weighted by molar-refractivity contribution is 8.18. The van der Waals surface area contributed by atoms with Crippen molar-refractivity contribution in [3.63, 3.8) is 0 Å². The molecule has 6 nitrogen and oxygen atoms in total. The number of fused-ring (bicyclic) bond motifs is 1. The molecule has 1 fully saturated rings. The molecule has 3 heterocycles. The van der Waals surface area contributed by atoms with Crippen molar-refractivity contribution in [1.82, 2.24) is 4.90 Å². The number of hydrogen-bond acceptors (Lipinski definition) is 7. The maximum atomic E-state index is 12.7. The van der Waals surface area contributed by atoms with Crippen molar-refractivity contribution >= 4 is 51.3 Å². The van der Waals surface area contributed by atoms with Crippen molar-refractivity contribution in [3.8, 4) is 5.75 Å². The van der Waals surface area contributed by atoms with Gasteiger partial charge in [-0.15, -0.1) is 11.3 Å². The van der Waals surface area contributed by atoms with Gasteiger partial charge in [-0.1, -0.05) is 6.07 Å². The monoisotopic (exact) mass is 399 g/mol. The van der Waals surface area contributed by atoms with Gasteiger partial charge in [-0.25, -0.2) is 4.79 Å². The summed E-state index contributed by atoms with van der Waals surface area (Å²) in [6.45, 7) is 0.000869. The summed E-state index contributed by atoms with van der Waals surface area (Å²) in [6, 6.07) is 10.1. The Bertz CT molecular complexity index is 1130. The van der Waals surface area contributed by atoms with Gasteiger partial charge >= 0.3 is 5.63 Å². The number of rotatable bonds is 4. The van der Waals surface area contributed by atoms with Gasteiger partial charge in [-0.2, -0.15) is 0 Å². The summed E-state index contributed by atoms with van der Waals surface area (Å²) in [6.07, 6.45) is 1.71. The fraction of sp³-hybridized carbons (Fsp3) is 0.105. The molecule has 0 bridgehead atoms. The van der Waals surface area contributed by atoms with Crippen LogP contribution >= 0.6 is 23.1 Å². The quantitative estimate of drug-likeness (QED) is 0.486. The van der Waals surface area contributed by atoms with E-state index in [1.807, 2.05) is 17.5 Å². The lowest BCUT2D eigenvalue weighted by atomic mass is 10.1. The van der Waals surface area contributed by atoms with Gasteiger partial charge in [0, 0.05) is 22.4 Å². The second-order valence-corrected chi connectivity index (χ2v) is 7.71. The topological polar surface area (TPSA) is 76.8 Å². The molecule has 2 amide bonds. The molecule has 4 rings (SSSR count). The molecule has 1 aromatic carbocycles. The molecule has 0 atom stereocenters. The number of thiophene rings is 1. The van der Waals surface area contributed by atoms with Crippen molar-refractivity contribution in [1.29, 1.82) is 0 Å². The van der Waals surface area contributed by atoms with Gasteiger partial charge in [0.2, 0.25) is 0 Å². The fourth-order valence-electron chi connectivity index (χ4n) is 2.78. The number of methoxy groups -OCH3 is 1. The van der Waals surface area contributed by atoms with Crippen LogP contribution in [0.15, 0.2) is 55.9 Å². The largest absolute Gasteiger partial charge is 0.497 e. The SMILES string of the molecule is COc1ccc2c(CN3C(=O)S/C(=C\c4cccs4)C3=O)cc(=O)oc2c1. The minimum atomic E-state index is -0.549. The Kier molecular flexibility index (Phi) is 4.59. The summed E-state index contributed by atoms with van der Waals surface area (Å²) >= 11 is 2.39. The van der Waals surface area contributed by atoms with Gasteiger partial charge < -0.3 is 9.15 Å². The molecule has 27 heavy (non-hydrogen) atoms. The molecule has 1 aliphatic heterocycles. The van der Waals surface area contributed by atoms with Crippen LogP contribution in [-0.4, -0.2) is 23.2 Å². The number of carbonyl (C=O) groups is 2. The zero-order chi connectivity index (χ0) is 19.0. The third-order valence-corrected chi connectivity index (χ3v) is 5.78. The first-order valence-electron chi connectivity index (χ1n) is 7.95. The smallest absolute Gasteiger partial charge is 0.336 e. The number of imide groups is 1. The molecule has 1 aliphatic rings. The number of nitrogens with zero attached hydrogens (tertiary/aromatic N) is 1. The lowest BCUT2D eigenvalue weighted by molar-refractivity contribution is -0.123. The van der Waals surface area contributed by atoms with Crippen LogP contribution in [0.2, 0.25) is 0 Å². The number of thioether (sulfide) groups is 1. The average Bonchev–Trinajstić information content (AvgIpc) is 3.25. The number of amides is 2. The van der Waals surface area contributed by atoms with E-state index in [1.165, 1.54) is 24.5 Å². The van der Waals surface area contributed by atoms with Crippen molar-refractivity contribution in [3.05, 3.63) is 67.5 Å². The van der Waals surface area contributed by atoms with Gasteiger partial charge in [0.15, 0.2) is 0 Å². The van der Waals surface area contributed by atoms with Gasteiger partial charge in [-0.3, -0.25) is 14.5 Å². The Morgan fingerprint density at radius 2 is 2.04 bits per heavy atom. The first-order chi connectivity index (χ1) is 13.0. The van der Waals surface area contributed by atoms with Crippen molar-refractivity contribution < 1.29 is 18.7 Å². The first-order valence-corrected chi connectivity index (χ1v) is 9.64. The zero-order valence-corrected chi connectivity index (χ0v) is 15.8. The predicted octanol–water partition coefficient (Wildman–Crippen LogP) is 4.10. The molecule has 3 aromatic rings. The first kappa shape index (κ1) is 17.6. The molecule has 0 unspecified atom stereocenters. The number of hydrogen-bond donors (Lipinski definition) is 0. The minimum Gasteiger partial charge on any atom is -0.497 e. The zero-order valence-electron chi connectivity index (χ0n) is 14.1. The molecule has 136 valence electrons. The van der Waals surface area contributed by atoms with E-state index in [1.54, 1.807) is 24.3 Å². The summed E-state index contributed by atoms with van der Waals surface area (Å²) in [5.74, 6) is 0.182. The van der Waals surface area contributed by atoms with E-state index in [0.29, 0.717) is 27.2 Å². The molecular weight excluding hydrogens is 386 g/mol. The summed E-state index contributed by atoms with van der Waals surface area (Å²) in [7, 11) is 1.52. The lowest BCUT2D eigenvalue weighted by Gasteiger charge is -2.14. The van der Waals surface area contributed by atoms with E-state index in [9.17, 15) is 14.4 Å². The van der Waals surface area contributed by atoms with Crippen LogP contribution in [0.5, 0.6) is 5.75 Å². The van der Waals surface area contributed by atoms with Crippen LogP contribution in [0.25, 0.3) is 17.0 Å². The Morgan fingerprint density at radius 3 is 2.78 bits per heavy atom. The molecule has 0 aliphatic carbocycles. The third kappa shape index (κ3) is 3.41. The van der Waals surface area contributed by atoms with Crippen molar-refractivity contribution in [2.45, 2.75) is 6.54 Å². The molecule has 0 N–H and O–H groups in total. The number of carbonyl (C=O) groups excluding carboxylic acids is 2. The molecule has 1 saturated heterocycles. The second kappa shape index (κ2) is 7.05. The van der Waals surface area contributed by atoms with Crippen LogP contribution in [0.1, 0.15) is 10.4 Å². The maximum absolute atomic E-state index is 12.7. The summed E-state index contributed by atoms with van der Waals surface area (Å²) in [5, 5.41) is 2.19. The van der Waals surface area contributed by atoms with Gasteiger partial charge in [-0.05, 0) is 47.0 Å². The van der Waals surface area contributed by atoms with E-state index in [-0.39, 0.29) is 17.7 Å². The standard InChI is InChI=1S/C19H13NO5S2/c1-24-12-4-5-14-11(7-17(21)25-15(14)8-12)10-20-18(22)16(27-19(20)23)9-13-3-2-6-26-13/h2-9H,10H2,1H3/b16-9-. The summed E-state index contributed by atoms with van der Waals surface area (Å²) < 4.78 is 10.4. The Balaban J connectivity index is 1.69. The molecule has 0 radical (unpaired) electrons.